The number of rotatable bonds is 6. The number of halogens is 1. The summed E-state index contributed by atoms with van der Waals surface area (Å²) in [6, 6.07) is 15.0. The van der Waals surface area contributed by atoms with Crippen LogP contribution in [0.3, 0.4) is 0 Å². The largest absolute Gasteiger partial charge is 0.469 e. The van der Waals surface area contributed by atoms with Crippen molar-refractivity contribution in [2.75, 3.05) is 13.7 Å². The molecule has 0 saturated carbocycles. The fraction of sp³-hybridized carbons (Fsp3) is 0.190. The van der Waals surface area contributed by atoms with Gasteiger partial charge in [0.25, 0.3) is 5.91 Å². The molecule has 3 aromatic rings. The highest BCUT2D eigenvalue weighted by molar-refractivity contribution is 6.07. The van der Waals surface area contributed by atoms with Gasteiger partial charge in [-0.05, 0) is 42.8 Å². The molecule has 0 aliphatic rings. The number of carbonyl (C=O) groups is 2. The van der Waals surface area contributed by atoms with Crippen molar-refractivity contribution in [1.29, 1.82) is 0 Å². The van der Waals surface area contributed by atoms with Crippen LogP contribution >= 0.6 is 0 Å². The van der Waals surface area contributed by atoms with Crippen molar-refractivity contribution in [2.24, 2.45) is 0 Å². The first-order valence-corrected chi connectivity index (χ1v) is 8.59. The molecule has 0 bridgehead atoms. The van der Waals surface area contributed by atoms with E-state index >= 15 is 0 Å². The second kappa shape index (κ2) is 8.40. The number of hydrogen-bond acceptors (Lipinski definition) is 4. The maximum Gasteiger partial charge on any atom is 0.305 e. The van der Waals surface area contributed by atoms with Gasteiger partial charge in [0.05, 0.1) is 23.9 Å². The summed E-state index contributed by atoms with van der Waals surface area (Å²) in [5.41, 5.74) is 2.48. The average Bonchev–Trinajstić information content (AvgIpc) is 2.70. The highest BCUT2D eigenvalue weighted by Gasteiger charge is 2.14. The molecule has 0 spiro atoms. The number of aromatic nitrogens is 1. The number of pyridine rings is 1. The molecule has 0 saturated heterocycles. The molecule has 0 radical (unpaired) electrons. The molecule has 6 heteroatoms. The van der Waals surface area contributed by atoms with Crippen LogP contribution in [0.2, 0.25) is 0 Å². The molecular formula is C21H19FN2O3. The Morgan fingerprint density at radius 1 is 1.11 bits per heavy atom. The van der Waals surface area contributed by atoms with E-state index < -0.39 is 0 Å². The molecule has 0 unspecified atom stereocenters. The molecule has 1 amide bonds. The maximum atomic E-state index is 13.2. The summed E-state index contributed by atoms with van der Waals surface area (Å²) in [5, 5.41) is 3.55. The molecule has 0 fully saturated rings. The van der Waals surface area contributed by atoms with Crippen LogP contribution in [-0.4, -0.2) is 30.5 Å². The van der Waals surface area contributed by atoms with E-state index in [4.69, 9.17) is 0 Å². The van der Waals surface area contributed by atoms with Crippen LogP contribution in [0, 0.1) is 5.82 Å². The standard InChI is InChI=1S/C21H19FN2O3/c1-27-20(25)7-4-12-23-21(26)17-13-19(14-8-10-15(22)11-9-14)24-18-6-3-2-5-16(17)18/h2-3,5-6,8-11,13H,4,7,12H2,1H3,(H,23,26). The number of para-hydroxylation sites is 1. The van der Waals surface area contributed by atoms with E-state index in [0.717, 1.165) is 10.9 Å². The first-order valence-electron chi connectivity index (χ1n) is 8.59. The average molecular weight is 366 g/mol. The molecule has 0 aliphatic heterocycles. The van der Waals surface area contributed by atoms with Crippen molar-refractivity contribution in [2.45, 2.75) is 12.8 Å². The van der Waals surface area contributed by atoms with Crippen molar-refractivity contribution in [3.63, 3.8) is 0 Å². The van der Waals surface area contributed by atoms with E-state index in [9.17, 15) is 14.0 Å². The van der Waals surface area contributed by atoms with Crippen molar-refractivity contribution in [3.8, 4) is 11.3 Å². The van der Waals surface area contributed by atoms with Gasteiger partial charge >= 0.3 is 5.97 Å². The van der Waals surface area contributed by atoms with Crippen LogP contribution in [-0.2, 0) is 9.53 Å². The molecule has 27 heavy (non-hydrogen) atoms. The van der Waals surface area contributed by atoms with Crippen LogP contribution in [0.4, 0.5) is 4.39 Å². The minimum absolute atomic E-state index is 0.245. The molecule has 0 aliphatic carbocycles. The van der Waals surface area contributed by atoms with Crippen LogP contribution < -0.4 is 5.32 Å². The van der Waals surface area contributed by atoms with Gasteiger partial charge in [-0.25, -0.2) is 9.37 Å². The Kier molecular flexibility index (Phi) is 5.76. The molecule has 3 rings (SSSR count). The normalized spacial score (nSPS) is 10.6. The number of amides is 1. The number of carbonyl (C=O) groups excluding carboxylic acids is 2. The SMILES string of the molecule is COC(=O)CCCNC(=O)c1cc(-c2ccc(F)cc2)nc2ccccc12. The Morgan fingerprint density at radius 3 is 2.59 bits per heavy atom. The third-order valence-corrected chi connectivity index (χ3v) is 4.17. The Labute approximate surface area is 156 Å². The zero-order valence-corrected chi connectivity index (χ0v) is 14.9. The molecule has 138 valence electrons. The van der Waals surface area contributed by atoms with Gasteiger partial charge in [-0.1, -0.05) is 18.2 Å². The zero-order valence-electron chi connectivity index (χ0n) is 14.9. The van der Waals surface area contributed by atoms with Crippen molar-refractivity contribution in [1.82, 2.24) is 10.3 Å². The summed E-state index contributed by atoms with van der Waals surface area (Å²) in [6.07, 6.45) is 0.737. The third kappa shape index (κ3) is 4.47. The van der Waals surface area contributed by atoms with E-state index in [1.54, 1.807) is 18.2 Å². The number of hydrogen-bond donors (Lipinski definition) is 1. The van der Waals surface area contributed by atoms with E-state index in [1.807, 2.05) is 24.3 Å². The van der Waals surface area contributed by atoms with E-state index in [2.05, 4.69) is 15.0 Å². The van der Waals surface area contributed by atoms with Crippen LogP contribution in [0.15, 0.2) is 54.6 Å². The highest BCUT2D eigenvalue weighted by atomic mass is 19.1. The van der Waals surface area contributed by atoms with Gasteiger partial charge in [0.1, 0.15) is 5.82 Å². The van der Waals surface area contributed by atoms with Gasteiger partial charge in [-0.2, -0.15) is 0 Å². The fourth-order valence-corrected chi connectivity index (χ4v) is 2.76. The fourth-order valence-electron chi connectivity index (χ4n) is 2.76. The molecular weight excluding hydrogens is 347 g/mol. The number of benzene rings is 2. The van der Waals surface area contributed by atoms with E-state index in [0.29, 0.717) is 29.7 Å². The number of ether oxygens (including phenoxy) is 1. The Morgan fingerprint density at radius 2 is 1.85 bits per heavy atom. The lowest BCUT2D eigenvalue weighted by atomic mass is 10.0. The quantitative estimate of drug-likeness (QED) is 0.533. The van der Waals surface area contributed by atoms with E-state index in [-0.39, 0.29) is 24.1 Å². The van der Waals surface area contributed by atoms with Crippen LogP contribution in [0.5, 0.6) is 0 Å². The predicted molar refractivity (Wildman–Crippen MR) is 101 cm³/mol. The van der Waals surface area contributed by atoms with Gasteiger partial charge in [-0.3, -0.25) is 9.59 Å². The molecule has 5 nitrogen and oxygen atoms in total. The summed E-state index contributed by atoms with van der Waals surface area (Å²) >= 11 is 0. The lowest BCUT2D eigenvalue weighted by molar-refractivity contribution is -0.140. The zero-order chi connectivity index (χ0) is 19.2. The summed E-state index contributed by atoms with van der Waals surface area (Å²) in [7, 11) is 1.33. The molecule has 0 atom stereocenters. The summed E-state index contributed by atoms with van der Waals surface area (Å²) < 4.78 is 17.8. The number of esters is 1. The third-order valence-electron chi connectivity index (χ3n) is 4.17. The smallest absolute Gasteiger partial charge is 0.305 e. The molecule has 1 aromatic heterocycles. The predicted octanol–water partition coefficient (Wildman–Crippen LogP) is 3.72. The first kappa shape index (κ1) is 18.5. The van der Waals surface area contributed by atoms with Gasteiger partial charge in [0.15, 0.2) is 0 Å². The van der Waals surface area contributed by atoms with Crippen LogP contribution in [0.1, 0.15) is 23.2 Å². The summed E-state index contributed by atoms with van der Waals surface area (Å²) in [6.45, 7) is 0.358. The number of methoxy groups -OCH3 is 1. The minimum atomic E-state index is -0.330. The monoisotopic (exact) mass is 366 g/mol. The highest BCUT2D eigenvalue weighted by Crippen LogP contribution is 2.25. The van der Waals surface area contributed by atoms with Gasteiger partial charge < -0.3 is 10.1 Å². The van der Waals surface area contributed by atoms with Crippen molar-refractivity contribution < 1.29 is 18.7 Å². The van der Waals surface area contributed by atoms with Crippen LogP contribution in [0.25, 0.3) is 22.2 Å². The van der Waals surface area contributed by atoms with E-state index in [1.165, 1.54) is 19.2 Å². The van der Waals surface area contributed by atoms with Gasteiger partial charge in [0.2, 0.25) is 0 Å². The van der Waals surface area contributed by atoms with Crippen molar-refractivity contribution in [3.05, 3.63) is 66.0 Å². The Bertz CT molecular complexity index is 971. The molecule has 2 aromatic carbocycles. The lowest BCUT2D eigenvalue weighted by Gasteiger charge is -2.10. The van der Waals surface area contributed by atoms with Crippen molar-refractivity contribution >= 4 is 22.8 Å². The summed E-state index contributed by atoms with van der Waals surface area (Å²) in [5.74, 6) is -0.887. The number of nitrogens with one attached hydrogen (secondary N) is 1. The topological polar surface area (TPSA) is 68.3 Å². The molecule has 1 N–H and O–H groups in total. The molecule has 1 heterocycles. The Balaban J connectivity index is 1.87. The lowest BCUT2D eigenvalue weighted by Crippen LogP contribution is -2.25. The number of fused-ring (bicyclic) bond motifs is 1. The van der Waals surface area contributed by atoms with Gasteiger partial charge in [0, 0.05) is 23.9 Å². The Hall–Kier alpha value is -3.28. The summed E-state index contributed by atoms with van der Waals surface area (Å²) in [4.78, 5) is 28.4. The minimum Gasteiger partial charge on any atom is -0.469 e. The van der Waals surface area contributed by atoms with Gasteiger partial charge in [-0.15, -0.1) is 0 Å². The number of nitrogens with zero attached hydrogens (tertiary/aromatic N) is 1. The second-order valence-corrected chi connectivity index (χ2v) is 6.01. The maximum absolute atomic E-state index is 13.2. The first-order chi connectivity index (χ1) is 13.1. The second-order valence-electron chi connectivity index (χ2n) is 6.01.